The Labute approximate surface area is 270 Å². The Balaban J connectivity index is 1.17. The van der Waals surface area contributed by atoms with E-state index < -0.39 is 0 Å². The van der Waals surface area contributed by atoms with E-state index in [2.05, 4.69) is 112 Å². The average molecular weight is 609 g/mol. The van der Waals surface area contributed by atoms with E-state index in [4.69, 9.17) is 8.83 Å². The van der Waals surface area contributed by atoms with Gasteiger partial charge in [0.1, 0.15) is 22.3 Å². The summed E-state index contributed by atoms with van der Waals surface area (Å²) in [7, 11) is 0. The van der Waals surface area contributed by atoms with Crippen molar-refractivity contribution in [2.24, 2.45) is 23.7 Å². The highest BCUT2D eigenvalue weighted by Gasteiger charge is 2.25. The molecule has 234 valence electrons. The number of furan rings is 2. The lowest BCUT2D eigenvalue weighted by Gasteiger charge is -2.36. The van der Waals surface area contributed by atoms with Crippen LogP contribution in [0.4, 0.5) is 11.4 Å². The normalized spacial score (nSPS) is 22.8. The second-order valence-electron chi connectivity index (χ2n) is 15.3. The van der Waals surface area contributed by atoms with Gasteiger partial charge >= 0.3 is 0 Å². The minimum absolute atomic E-state index is 0.723. The molecule has 5 aromatic carbocycles. The van der Waals surface area contributed by atoms with Crippen LogP contribution in [0.3, 0.4) is 0 Å². The Morgan fingerprint density at radius 2 is 0.891 bits per heavy atom. The van der Waals surface area contributed by atoms with Crippen LogP contribution in [-0.4, -0.2) is 26.2 Å². The zero-order valence-corrected chi connectivity index (χ0v) is 28.0. The maximum Gasteiger partial charge on any atom is 0.139 e. The molecule has 4 heteroatoms. The number of rotatable bonds is 2. The highest BCUT2D eigenvalue weighted by atomic mass is 16.3. The van der Waals surface area contributed by atoms with Crippen LogP contribution in [-0.2, 0) is 0 Å². The van der Waals surface area contributed by atoms with Gasteiger partial charge < -0.3 is 18.6 Å². The molecule has 7 aromatic rings. The second kappa shape index (κ2) is 10.2. The van der Waals surface area contributed by atoms with Gasteiger partial charge in [-0.3, -0.25) is 0 Å². The Bertz CT molecular complexity index is 2160. The van der Waals surface area contributed by atoms with Crippen LogP contribution in [0.2, 0.25) is 0 Å². The van der Waals surface area contributed by atoms with E-state index in [1.165, 1.54) is 67.3 Å². The van der Waals surface area contributed by atoms with E-state index in [9.17, 15) is 0 Å². The van der Waals surface area contributed by atoms with Crippen LogP contribution in [0, 0.1) is 37.5 Å². The third-order valence-corrected chi connectivity index (χ3v) is 11.2. The summed E-state index contributed by atoms with van der Waals surface area (Å²) < 4.78 is 13.5. The van der Waals surface area contributed by atoms with E-state index in [1.54, 1.807) is 0 Å². The molecule has 0 amide bonds. The Morgan fingerprint density at radius 3 is 1.28 bits per heavy atom. The molecular weight excluding hydrogens is 564 g/mol. The van der Waals surface area contributed by atoms with E-state index >= 15 is 0 Å². The highest BCUT2D eigenvalue weighted by Crippen LogP contribution is 2.45. The highest BCUT2D eigenvalue weighted by molar-refractivity contribution is 6.21. The minimum atomic E-state index is 0.723. The number of nitrogens with zero attached hydrogens (tertiary/aromatic N) is 2. The number of hydrogen-bond donors (Lipinski definition) is 0. The molecule has 4 heterocycles. The molecule has 0 spiro atoms. The van der Waals surface area contributed by atoms with Gasteiger partial charge in [0.05, 0.1) is 0 Å². The van der Waals surface area contributed by atoms with Gasteiger partial charge in [-0.2, -0.15) is 0 Å². The van der Waals surface area contributed by atoms with Gasteiger partial charge in [-0.25, -0.2) is 0 Å². The zero-order chi connectivity index (χ0) is 31.4. The molecular formula is C42H44N2O2. The molecule has 4 unspecified atom stereocenters. The molecule has 0 saturated carbocycles. The molecule has 2 fully saturated rings. The summed E-state index contributed by atoms with van der Waals surface area (Å²) in [4.78, 5) is 5.13. The van der Waals surface area contributed by atoms with Gasteiger partial charge in [0, 0.05) is 70.2 Å². The smallest absolute Gasteiger partial charge is 0.139 e. The van der Waals surface area contributed by atoms with Crippen molar-refractivity contribution in [3.8, 4) is 0 Å². The van der Waals surface area contributed by atoms with Crippen LogP contribution in [0.1, 0.15) is 51.7 Å². The molecule has 0 radical (unpaired) electrons. The quantitative estimate of drug-likeness (QED) is 0.195. The molecule has 9 rings (SSSR count). The van der Waals surface area contributed by atoms with E-state index in [0.29, 0.717) is 0 Å². The van der Waals surface area contributed by atoms with Crippen molar-refractivity contribution in [2.75, 3.05) is 36.0 Å². The molecule has 0 aliphatic carbocycles. The zero-order valence-electron chi connectivity index (χ0n) is 28.0. The third-order valence-electron chi connectivity index (χ3n) is 11.2. The van der Waals surface area contributed by atoms with Crippen molar-refractivity contribution < 1.29 is 8.83 Å². The number of fused-ring (bicyclic) bond motifs is 8. The fraction of sp³-hybridized carbons (Fsp3) is 0.381. The SMILES string of the molecule is Cc1c2oc3cc4cc(N5CC(C)CC(C)C5)ccc4cc3c2c(C)c2oc3cc4cc(N5CC(C)CC(C)C5)ccc4cc3c12. The molecule has 4 nitrogen and oxygen atoms in total. The fourth-order valence-corrected chi connectivity index (χ4v) is 9.30. The molecule has 0 N–H and O–H groups in total. The monoisotopic (exact) mass is 608 g/mol. The molecule has 2 aliphatic heterocycles. The summed E-state index contributed by atoms with van der Waals surface area (Å²) in [5.74, 6) is 2.89. The van der Waals surface area contributed by atoms with E-state index in [1.807, 2.05) is 0 Å². The largest absolute Gasteiger partial charge is 0.456 e. The number of anilines is 2. The van der Waals surface area contributed by atoms with Crippen molar-refractivity contribution >= 4 is 76.8 Å². The summed E-state index contributed by atoms with van der Waals surface area (Å²) in [5, 5.41) is 9.64. The molecule has 4 atom stereocenters. The first-order chi connectivity index (χ1) is 22.2. The summed E-state index contributed by atoms with van der Waals surface area (Å²) in [6.07, 6.45) is 2.63. The van der Waals surface area contributed by atoms with Crippen molar-refractivity contribution in [3.05, 3.63) is 71.8 Å². The maximum atomic E-state index is 6.74. The van der Waals surface area contributed by atoms with Crippen LogP contribution < -0.4 is 9.80 Å². The van der Waals surface area contributed by atoms with Gasteiger partial charge in [0.15, 0.2) is 0 Å². The topological polar surface area (TPSA) is 32.8 Å². The first-order valence-corrected chi connectivity index (χ1v) is 17.4. The Morgan fingerprint density at radius 1 is 0.500 bits per heavy atom. The number of piperidine rings is 2. The molecule has 2 aromatic heterocycles. The van der Waals surface area contributed by atoms with E-state index in [-0.39, 0.29) is 0 Å². The summed E-state index contributed by atoms with van der Waals surface area (Å²) >= 11 is 0. The van der Waals surface area contributed by atoms with Gasteiger partial charge in [-0.05, 0) is 120 Å². The number of hydrogen-bond acceptors (Lipinski definition) is 4. The van der Waals surface area contributed by atoms with Gasteiger partial charge in [0.2, 0.25) is 0 Å². The van der Waals surface area contributed by atoms with Gasteiger partial charge in [0.25, 0.3) is 0 Å². The lowest BCUT2D eigenvalue weighted by Crippen LogP contribution is -2.38. The maximum absolute atomic E-state index is 6.74. The van der Waals surface area contributed by atoms with Crippen LogP contribution >= 0.6 is 0 Å². The summed E-state index contributed by atoms with van der Waals surface area (Å²) in [5.41, 5.74) is 8.78. The lowest BCUT2D eigenvalue weighted by atomic mass is 9.91. The van der Waals surface area contributed by atoms with Crippen LogP contribution in [0.15, 0.2) is 69.5 Å². The van der Waals surface area contributed by atoms with Crippen LogP contribution in [0.25, 0.3) is 65.4 Å². The van der Waals surface area contributed by atoms with Crippen molar-refractivity contribution in [3.63, 3.8) is 0 Å². The first-order valence-electron chi connectivity index (χ1n) is 17.4. The number of benzene rings is 5. The summed E-state index contributed by atoms with van der Waals surface area (Å²) in [6, 6.07) is 23.0. The molecule has 0 bridgehead atoms. The Hall–Kier alpha value is -4.18. The summed E-state index contributed by atoms with van der Waals surface area (Å²) in [6.45, 7) is 18.4. The lowest BCUT2D eigenvalue weighted by molar-refractivity contribution is 0.357. The van der Waals surface area contributed by atoms with E-state index in [0.717, 1.165) is 83.3 Å². The Kier molecular flexibility index (Phi) is 6.20. The van der Waals surface area contributed by atoms with Gasteiger partial charge in [-0.15, -0.1) is 0 Å². The van der Waals surface area contributed by atoms with Crippen molar-refractivity contribution in [2.45, 2.75) is 54.4 Å². The van der Waals surface area contributed by atoms with Crippen molar-refractivity contribution in [1.29, 1.82) is 0 Å². The van der Waals surface area contributed by atoms with Crippen LogP contribution in [0.5, 0.6) is 0 Å². The minimum Gasteiger partial charge on any atom is -0.456 e. The fourth-order valence-electron chi connectivity index (χ4n) is 9.30. The standard InChI is InChI=1S/C42H44N2O2/c1-23-11-24(2)20-43(19-23)33-9-7-29-15-35-37(17-31(29)13-33)45-41-28(6)40-36-16-30-8-10-34(44-21-25(3)12-26(4)22-44)14-32(30)18-38(36)46-42(40)27(5)39(35)41/h7-10,13-18,23-26H,11-12,19-22H2,1-6H3. The molecule has 2 aliphatic rings. The predicted molar refractivity (Wildman–Crippen MR) is 196 cm³/mol. The predicted octanol–water partition coefficient (Wildman–Crippen LogP) is 11.4. The number of aryl methyl sites for hydroxylation is 2. The van der Waals surface area contributed by atoms with Gasteiger partial charge in [-0.1, -0.05) is 39.8 Å². The average Bonchev–Trinajstić information content (AvgIpc) is 3.58. The second-order valence-corrected chi connectivity index (χ2v) is 15.3. The molecule has 2 saturated heterocycles. The molecule has 46 heavy (non-hydrogen) atoms. The third kappa shape index (κ3) is 4.32. The van der Waals surface area contributed by atoms with Crippen molar-refractivity contribution in [1.82, 2.24) is 0 Å². The first kappa shape index (κ1) is 28.1.